The molecule has 0 atom stereocenters. The van der Waals surface area contributed by atoms with E-state index in [2.05, 4.69) is 77.2 Å². The Labute approximate surface area is 251 Å². The number of nitrogens with zero attached hydrogens (tertiary/aromatic N) is 4. The molecule has 10 rings (SSSR count). The van der Waals surface area contributed by atoms with Gasteiger partial charge in [-0.05, 0) is 29.0 Å². The standard InChI is InChI=1S/C39H22N4O/c1-3-10-24(11-4-1)36-40-37(25-12-5-2-6-13-25)42-38(41-36)26-19-21-29-32(22-26)44-39-34(29)30-16-9-14-23-18-20-28-27-15-7-8-17-31(27)43(39)35(28)33(23)30/h1-22H. The molecule has 0 N–H and O–H groups in total. The molecule has 4 heterocycles. The highest BCUT2D eigenvalue weighted by Crippen LogP contribution is 2.44. The van der Waals surface area contributed by atoms with Crippen molar-refractivity contribution in [2.45, 2.75) is 0 Å². The van der Waals surface area contributed by atoms with Crippen LogP contribution < -0.4 is 0 Å². The largest absolute Gasteiger partial charge is 0.439 e. The molecule has 0 fully saturated rings. The minimum absolute atomic E-state index is 0.605. The monoisotopic (exact) mass is 562 g/mol. The predicted molar refractivity (Wildman–Crippen MR) is 178 cm³/mol. The van der Waals surface area contributed by atoms with Crippen molar-refractivity contribution in [3.8, 4) is 34.2 Å². The van der Waals surface area contributed by atoms with Gasteiger partial charge in [0.2, 0.25) is 5.71 Å². The van der Waals surface area contributed by atoms with Crippen LogP contribution in [0.1, 0.15) is 0 Å². The summed E-state index contributed by atoms with van der Waals surface area (Å²) in [5.41, 5.74) is 6.74. The van der Waals surface area contributed by atoms with E-state index in [1.165, 1.54) is 32.4 Å². The summed E-state index contributed by atoms with van der Waals surface area (Å²) in [6.07, 6.45) is 0. The fourth-order valence-corrected chi connectivity index (χ4v) is 6.82. The van der Waals surface area contributed by atoms with Crippen LogP contribution in [0.15, 0.2) is 138 Å². The van der Waals surface area contributed by atoms with E-state index in [9.17, 15) is 0 Å². The molecular weight excluding hydrogens is 540 g/mol. The number of benzene rings is 6. The first-order valence-electron chi connectivity index (χ1n) is 14.7. The second-order valence-corrected chi connectivity index (χ2v) is 11.2. The van der Waals surface area contributed by atoms with E-state index in [1.54, 1.807) is 0 Å². The summed E-state index contributed by atoms with van der Waals surface area (Å²) in [6, 6.07) is 46.0. The molecule has 0 aliphatic rings. The molecule has 0 radical (unpaired) electrons. The number of furan rings is 1. The van der Waals surface area contributed by atoms with Gasteiger partial charge >= 0.3 is 0 Å². The van der Waals surface area contributed by atoms with E-state index in [0.717, 1.165) is 44.3 Å². The summed E-state index contributed by atoms with van der Waals surface area (Å²) < 4.78 is 9.12. The van der Waals surface area contributed by atoms with Crippen LogP contribution in [0.25, 0.3) is 94.2 Å². The normalized spacial score (nSPS) is 12.1. The van der Waals surface area contributed by atoms with Gasteiger partial charge in [-0.3, -0.25) is 4.40 Å². The van der Waals surface area contributed by atoms with Crippen molar-refractivity contribution in [2.75, 3.05) is 0 Å². The second kappa shape index (κ2) is 8.72. The Bertz CT molecular complexity index is 2650. The first-order valence-corrected chi connectivity index (χ1v) is 14.7. The fraction of sp³-hybridized carbons (Fsp3) is 0. The average Bonchev–Trinajstić information content (AvgIpc) is 3.65. The highest BCUT2D eigenvalue weighted by Gasteiger charge is 2.22. The van der Waals surface area contributed by atoms with E-state index >= 15 is 0 Å². The summed E-state index contributed by atoms with van der Waals surface area (Å²) in [6.45, 7) is 0. The maximum Gasteiger partial charge on any atom is 0.213 e. The number of hydrogen-bond donors (Lipinski definition) is 0. The summed E-state index contributed by atoms with van der Waals surface area (Å²) in [5, 5.41) is 8.32. The summed E-state index contributed by atoms with van der Waals surface area (Å²) >= 11 is 0. The van der Waals surface area contributed by atoms with Crippen LogP contribution in [0.3, 0.4) is 0 Å². The van der Waals surface area contributed by atoms with Crippen LogP contribution in [0.2, 0.25) is 0 Å². The molecule has 0 spiro atoms. The second-order valence-electron chi connectivity index (χ2n) is 11.2. The van der Waals surface area contributed by atoms with Gasteiger partial charge < -0.3 is 4.42 Å². The maximum atomic E-state index is 6.82. The third kappa shape index (κ3) is 3.21. The molecule has 44 heavy (non-hydrogen) atoms. The molecule has 5 heteroatoms. The van der Waals surface area contributed by atoms with Crippen molar-refractivity contribution in [1.82, 2.24) is 19.4 Å². The fourth-order valence-electron chi connectivity index (χ4n) is 6.82. The zero-order valence-electron chi connectivity index (χ0n) is 23.4. The molecule has 0 amide bonds. The Balaban J connectivity index is 1.28. The zero-order chi connectivity index (χ0) is 28.8. The Kier molecular flexibility index (Phi) is 4.66. The molecule has 0 bridgehead atoms. The third-order valence-electron chi connectivity index (χ3n) is 8.78. The molecule has 204 valence electrons. The number of hydrogen-bond acceptors (Lipinski definition) is 4. The quantitative estimate of drug-likeness (QED) is 0.215. The van der Waals surface area contributed by atoms with Gasteiger partial charge in [-0.25, -0.2) is 15.0 Å². The van der Waals surface area contributed by atoms with Crippen LogP contribution >= 0.6 is 0 Å². The van der Waals surface area contributed by atoms with Gasteiger partial charge in [0.05, 0.1) is 16.4 Å². The highest BCUT2D eigenvalue weighted by molar-refractivity contribution is 6.31. The first kappa shape index (κ1) is 23.5. The van der Waals surface area contributed by atoms with Gasteiger partial charge in [-0.2, -0.15) is 0 Å². The van der Waals surface area contributed by atoms with Gasteiger partial charge in [-0.1, -0.05) is 115 Å². The smallest absolute Gasteiger partial charge is 0.213 e. The lowest BCUT2D eigenvalue weighted by Crippen LogP contribution is -2.00. The lowest BCUT2D eigenvalue weighted by Gasteiger charge is -2.09. The zero-order valence-corrected chi connectivity index (χ0v) is 23.4. The number of aromatic nitrogens is 4. The van der Waals surface area contributed by atoms with Gasteiger partial charge in [0, 0.05) is 38.2 Å². The molecule has 0 saturated carbocycles. The summed E-state index contributed by atoms with van der Waals surface area (Å²) in [7, 11) is 0. The number of rotatable bonds is 3. The number of pyridine rings is 1. The molecule has 4 aromatic heterocycles. The Hall–Kier alpha value is -6.07. The van der Waals surface area contributed by atoms with Gasteiger partial charge in [0.25, 0.3) is 0 Å². The summed E-state index contributed by atoms with van der Waals surface area (Å²) in [5.74, 6) is 1.88. The van der Waals surface area contributed by atoms with Gasteiger partial charge in [0.15, 0.2) is 17.5 Å². The molecule has 6 aromatic carbocycles. The highest BCUT2D eigenvalue weighted by atomic mass is 16.3. The van der Waals surface area contributed by atoms with Crippen molar-refractivity contribution >= 4 is 60.0 Å². The molecule has 0 unspecified atom stereocenters. The van der Waals surface area contributed by atoms with Crippen molar-refractivity contribution in [3.05, 3.63) is 133 Å². The average molecular weight is 563 g/mol. The minimum atomic E-state index is 0.605. The molecule has 10 aromatic rings. The molecular formula is C39H22N4O. The molecule has 0 aliphatic heterocycles. The SMILES string of the molecule is c1ccc(-c2nc(-c3ccccc3)nc(-c3ccc4c(c3)oc3c4c4cccc5ccc6c7ccccc7n3c6c54)n2)cc1. The van der Waals surface area contributed by atoms with Crippen molar-refractivity contribution in [3.63, 3.8) is 0 Å². The van der Waals surface area contributed by atoms with E-state index in [0.29, 0.717) is 17.5 Å². The molecule has 5 nitrogen and oxygen atoms in total. The maximum absolute atomic E-state index is 6.82. The Morgan fingerprint density at radius 1 is 0.455 bits per heavy atom. The minimum Gasteiger partial charge on any atom is -0.439 e. The lowest BCUT2D eigenvalue weighted by molar-refractivity contribution is 0.651. The van der Waals surface area contributed by atoms with Crippen LogP contribution in [0.4, 0.5) is 0 Å². The van der Waals surface area contributed by atoms with E-state index in [4.69, 9.17) is 19.4 Å². The van der Waals surface area contributed by atoms with E-state index < -0.39 is 0 Å². The van der Waals surface area contributed by atoms with E-state index in [-0.39, 0.29) is 0 Å². The van der Waals surface area contributed by atoms with Crippen LogP contribution in [0, 0.1) is 0 Å². The number of para-hydroxylation sites is 1. The van der Waals surface area contributed by atoms with Crippen LogP contribution in [0.5, 0.6) is 0 Å². The van der Waals surface area contributed by atoms with Gasteiger partial charge in [-0.15, -0.1) is 0 Å². The van der Waals surface area contributed by atoms with Crippen molar-refractivity contribution in [2.24, 2.45) is 0 Å². The number of fused-ring (bicyclic) bond motifs is 8. The predicted octanol–water partition coefficient (Wildman–Crippen LogP) is 9.92. The molecule has 0 aliphatic carbocycles. The lowest BCUT2D eigenvalue weighted by atomic mass is 9.99. The summed E-state index contributed by atoms with van der Waals surface area (Å²) in [4.78, 5) is 14.7. The van der Waals surface area contributed by atoms with Crippen LogP contribution in [-0.2, 0) is 0 Å². The first-order chi connectivity index (χ1) is 21.8. The molecule has 0 saturated heterocycles. The van der Waals surface area contributed by atoms with Crippen molar-refractivity contribution < 1.29 is 4.42 Å². The Morgan fingerprint density at radius 2 is 1.09 bits per heavy atom. The third-order valence-corrected chi connectivity index (χ3v) is 8.78. The van der Waals surface area contributed by atoms with E-state index in [1.807, 2.05) is 60.7 Å². The van der Waals surface area contributed by atoms with Crippen molar-refractivity contribution in [1.29, 1.82) is 0 Å². The van der Waals surface area contributed by atoms with Gasteiger partial charge in [0.1, 0.15) is 5.58 Å². The topological polar surface area (TPSA) is 56.2 Å². The Morgan fingerprint density at radius 3 is 1.84 bits per heavy atom. The van der Waals surface area contributed by atoms with Crippen LogP contribution in [-0.4, -0.2) is 19.4 Å².